The lowest BCUT2D eigenvalue weighted by atomic mass is 10.1. The zero-order valence-electron chi connectivity index (χ0n) is 16.1. The monoisotopic (exact) mass is 348 g/mol. The molecule has 25 heavy (non-hydrogen) atoms. The van der Waals surface area contributed by atoms with Gasteiger partial charge in [-0.1, -0.05) is 6.07 Å². The number of ether oxygens (including phenoxy) is 2. The summed E-state index contributed by atoms with van der Waals surface area (Å²) in [5.74, 6) is -0.387. The van der Waals surface area contributed by atoms with Crippen LogP contribution >= 0.6 is 0 Å². The summed E-state index contributed by atoms with van der Waals surface area (Å²) in [4.78, 5) is 25.9. The van der Waals surface area contributed by atoms with Gasteiger partial charge in [0.25, 0.3) is 0 Å². The maximum absolute atomic E-state index is 12.1. The van der Waals surface area contributed by atoms with Gasteiger partial charge in [-0.05, 0) is 58.4 Å². The smallest absolute Gasteiger partial charge is 0.412 e. The van der Waals surface area contributed by atoms with E-state index < -0.39 is 11.7 Å². The molecule has 0 aromatic heterocycles. The van der Waals surface area contributed by atoms with E-state index >= 15 is 0 Å². The number of hydrogen-bond acceptors (Lipinski definition) is 5. The Labute approximate surface area is 149 Å². The van der Waals surface area contributed by atoms with Crippen LogP contribution in [0.5, 0.6) is 0 Å². The van der Waals surface area contributed by atoms with Crippen molar-refractivity contribution < 1.29 is 19.1 Å². The fourth-order valence-electron chi connectivity index (χ4n) is 2.01. The van der Waals surface area contributed by atoms with Gasteiger partial charge < -0.3 is 14.4 Å². The minimum Gasteiger partial charge on any atom is -0.463 e. The van der Waals surface area contributed by atoms with E-state index in [4.69, 9.17) is 9.47 Å². The maximum Gasteiger partial charge on any atom is 0.412 e. The summed E-state index contributed by atoms with van der Waals surface area (Å²) in [7, 11) is 3.82. The summed E-state index contributed by atoms with van der Waals surface area (Å²) in [6.45, 7) is 9.14. The van der Waals surface area contributed by atoms with Crippen LogP contribution in [0.25, 0.3) is 6.08 Å². The Bertz CT molecular complexity index is 658. The fourth-order valence-corrected chi connectivity index (χ4v) is 2.01. The molecule has 0 bridgehead atoms. The molecule has 1 N–H and O–H groups in total. The molecule has 0 spiro atoms. The topological polar surface area (TPSA) is 67.9 Å². The Morgan fingerprint density at radius 3 is 2.40 bits per heavy atom. The van der Waals surface area contributed by atoms with E-state index in [9.17, 15) is 9.59 Å². The number of carbonyl (C=O) groups is 2. The van der Waals surface area contributed by atoms with Gasteiger partial charge in [-0.25, -0.2) is 9.59 Å². The van der Waals surface area contributed by atoms with Gasteiger partial charge in [0.2, 0.25) is 0 Å². The van der Waals surface area contributed by atoms with Gasteiger partial charge in [0.1, 0.15) is 5.60 Å². The van der Waals surface area contributed by atoms with E-state index in [0.717, 1.165) is 5.69 Å². The Kier molecular flexibility index (Phi) is 7.03. The maximum atomic E-state index is 12.1. The van der Waals surface area contributed by atoms with Crippen molar-refractivity contribution in [1.29, 1.82) is 0 Å². The first-order valence-electron chi connectivity index (χ1n) is 8.20. The van der Waals surface area contributed by atoms with Gasteiger partial charge in [0.15, 0.2) is 0 Å². The van der Waals surface area contributed by atoms with Crippen molar-refractivity contribution in [2.24, 2.45) is 0 Å². The van der Waals surface area contributed by atoms with Gasteiger partial charge in [-0.15, -0.1) is 0 Å². The van der Waals surface area contributed by atoms with Crippen molar-refractivity contribution >= 4 is 29.5 Å². The lowest BCUT2D eigenvalue weighted by Gasteiger charge is -2.21. The third-order valence-electron chi connectivity index (χ3n) is 3.16. The predicted molar refractivity (Wildman–Crippen MR) is 101 cm³/mol. The van der Waals surface area contributed by atoms with Crippen LogP contribution in [0, 0.1) is 0 Å². The summed E-state index contributed by atoms with van der Waals surface area (Å²) < 4.78 is 10.3. The Morgan fingerprint density at radius 1 is 1.24 bits per heavy atom. The zero-order chi connectivity index (χ0) is 19.2. The molecular formula is C19H28N2O4. The molecule has 0 aliphatic heterocycles. The molecule has 0 saturated carbocycles. The predicted octanol–water partition coefficient (Wildman–Crippen LogP) is 4.07. The molecule has 6 nitrogen and oxygen atoms in total. The van der Waals surface area contributed by atoms with Gasteiger partial charge >= 0.3 is 12.1 Å². The number of benzene rings is 1. The fraction of sp³-hybridized carbons (Fsp3) is 0.474. The number of esters is 1. The molecule has 138 valence electrons. The molecule has 6 heteroatoms. The molecule has 1 aromatic carbocycles. The first-order valence-corrected chi connectivity index (χ1v) is 8.20. The molecule has 1 amide bonds. The number of nitrogens with zero attached hydrogens (tertiary/aromatic N) is 1. The number of rotatable bonds is 5. The number of anilines is 2. The summed E-state index contributed by atoms with van der Waals surface area (Å²) >= 11 is 0. The first kappa shape index (κ1) is 20.5. The third kappa shape index (κ3) is 6.87. The van der Waals surface area contributed by atoms with Crippen LogP contribution in [-0.2, 0) is 14.3 Å². The largest absolute Gasteiger partial charge is 0.463 e. The Balaban J connectivity index is 3.18. The number of carbonyl (C=O) groups excluding carboxylic acids is 2. The lowest BCUT2D eigenvalue weighted by molar-refractivity contribution is -0.138. The highest BCUT2D eigenvalue weighted by Crippen LogP contribution is 2.26. The van der Waals surface area contributed by atoms with Crippen LogP contribution in [0.4, 0.5) is 16.2 Å². The number of amides is 1. The van der Waals surface area contributed by atoms with Crippen LogP contribution in [0.15, 0.2) is 23.8 Å². The van der Waals surface area contributed by atoms with Crippen molar-refractivity contribution in [2.45, 2.75) is 40.2 Å². The van der Waals surface area contributed by atoms with Crippen molar-refractivity contribution in [1.82, 2.24) is 0 Å². The Hall–Kier alpha value is -2.50. The molecular weight excluding hydrogens is 320 g/mol. The van der Waals surface area contributed by atoms with Crippen molar-refractivity contribution in [2.75, 3.05) is 30.9 Å². The number of hydrogen-bond donors (Lipinski definition) is 1. The van der Waals surface area contributed by atoms with Crippen molar-refractivity contribution in [3.8, 4) is 0 Å². The highest BCUT2D eigenvalue weighted by atomic mass is 16.6. The molecule has 1 rings (SSSR count). The van der Waals surface area contributed by atoms with Gasteiger partial charge in [0, 0.05) is 25.4 Å². The molecule has 0 saturated heterocycles. The van der Waals surface area contributed by atoms with E-state index in [1.165, 1.54) is 0 Å². The Morgan fingerprint density at radius 2 is 1.88 bits per heavy atom. The van der Waals surface area contributed by atoms with Crippen LogP contribution in [0.2, 0.25) is 0 Å². The average Bonchev–Trinajstić information content (AvgIpc) is 2.46. The second-order valence-corrected chi connectivity index (χ2v) is 6.84. The van der Waals surface area contributed by atoms with Crippen molar-refractivity contribution in [3.63, 3.8) is 0 Å². The normalized spacial score (nSPS) is 11.7. The molecule has 1 aromatic rings. The van der Waals surface area contributed by atoms with Gasteiger partial charge in [-0.2, -0.15) is 0 Å². The highest BCUT2D eigenvalue weighted by molar-refractivity contribution is 5.96. The van der Waals surface area contributed by atoms with E-state index in [1.807, 2.05) is 37.2 Å². The lowest BCUT2D eigenvalue weighted by Crippen LogP contribution is -2.27. The minimum absolute atomic E-state index is 0.312. The zero-order valence-corrected chi connectivity index (χ0v) is 16.1. The van der Waals surface area contributed by atoms with Gasteiger partial charge in [0.05, 0.1) is 12.3 Å². The summed E-state index contributed by atoms with van der Waals surface area (Å²) in [6.07, 6.45) is 1.14. The second kappa shape index (κ2) is 8.55. The second-order valence-electron chi connectivity index (χ2n) is 6.84. The molecule has 0 radical (unpaired) electrons. The quantitative estimate of drug-likeness (QED) is 0.642. The molecule has 0 fully saturated rings. The molecule has 0 aliphatic rings. The molecule has 0 atom stereocenters. The van der Waals surface area contributed by atoms with Crippen LogP contribution in [-0.4, -0.2) is 38.4 Å². The first-order chi connectivity index (χ1) is 11.5. The van der Waals surface area contributed by atoms with E-state index in [1.54, 1.807) is 40.7 Å². The summed E-state index contributed by atoms with van der Waals surface area (Å²) in [5.41, 5.74) is 2.02. The van der Waals surface area contributed by atoms with Crippen LogP contribution in [0.3, 0.4) is 0 Å². The molecule has 0 aliphatic carbocycles. The van der Waals surface area contributed by atoms with Gasteiger partial charge in [-0.3, -0.25) is 5.32 Å². The average molecular weight is 348 g/mol. The van der Waals surface area contributed by atoms with E-state index in [0.29, 0.717) is 23.4 Å². The van der Waals surface area contributed by atoms with Crippen LogP contribution in [0.1, 0.15) is 40.2 Å². The standard InChI is InChI=1S/C19H28N2O4/c1-8-24-17(22)13(2)11-14-9-10-15(21(6)7)12-16(14)20-18(23)25-19(3,4)5/h9-12H,8H2,1-7H3,(H,20,23)/b13-11+. The summed E-state index contributed by atoms with van der Waals surface area (Å²) in [6, 6.07) is 5.57. The molecule has 0 unspecified atom stereocenters. The summed E-state index contributed by atoms with van der Waals surface area (Å²) in [5, 5.41) is 2.75. The number of nitrogens with one attached hydrogen (secondary N) is 1. The highest BCUT2D eigenvalue weighted by Gasteiger charge is 2.17. The van der Waals surface area contributed by atoms with E-state index in [-0.39, 0.29) is 5.97 Å². The minimum atomic E-state index is -0.597. The SMILES string of the molecule is CCOC(=O)/C(C)=C/c1ccc(N(C)C)cc1NC(=O)OC(C)(C)C. The van der Waals surface area contributed by atoms with Crippen molar-refractivity contribution in [3.05, 3.63) is 29.3 Å². The molecule has 0 heterocycles. The van der Waals surface area contributed by atoms with Crippen LogP contribution < -0.4 is 10.2 Å². The third-order valence-corrected chi connectivity index (χ3v) is 3.16. The van der Waals surface area contributed by atoms with E-state index in [2.05, 4.69) is 5.32 Å².